The van der Waals surface area contributed by atoms with Gasteiger partial charge in [0.1, 0.15) is 23.1 Å². The van der Waals surface area contributed by atoms with Crippen LogP contribution in [0.15, 0.2) is 29.4 Å². The molecule has 1 aromatic carbocycles. The van der Waals surface area contributed by atoms with Crippen LogP contribution in [0.1, 0.15) is 24.7 Å². The van der Waals surface area contributed by atoms with Crippen molar-refractivity contribution < 1.29 is 14.3 Å². The first kappa shape index (κ1) is 21.1. The average Bonchev–Trinajstić information content (AvgIpc) is 3.31. The van der Waals surface area contributed by atoms with Crippen LogP contribution in [0.3, 0.4) is 0 Å². The highest BCUT2D eigenvalue weighted by Crippen LogP contribution is 2.25. The molecule has 3 aromatic rings. The Morgan fingerprint density at radius 2 is 1.93 bits per heavy atom. The standard InChI is InChI=1S/C18H22N6O3S2/c1-5-24-15(10-27-14-8-6-13(26-4)7-9-14)21-23-18(24)28-11(2)16(25)19-17-22-20-12(3)29-17/h6-9,11H,5,10H2,1-4H3,(H,19,22,25)/t11-/m1/s1. The Kier molecular flexibility index (Phi) is 7.04. The molecule has 2 heterocycles. The summed E-state index contributed by atoms with van der Waals surface area (Å²) in [4.78, 5) is 12.4. The number of rotatable bonds is 9. The predicted octanol–water partition coefficient (Wildman–Crippen LogP) is 3.16. The van der Waals surface area contributed by atoms with E-state index in [1.807, 2.05) is 49.6 Å². The van der Waals surface area contributed by atoms with E-state index in [9.17, 15) is 4.79 Å². The molecule has 0 radical (unpaired) electrons. The normalized spacial score (nSPS) is 11.9. The number of ether oxygens (including phenoxy) is 2. The molecule has 2 aromatic heterocycles. The molecule has 154 valence electrons. The van der Waals surface area contributed by atoms with Crippen LogP contribution in [0.2, 0.25) is 0 Å². The second kappa shape index (κ2) is 9.70. The van der Waals surface area contributed by atoms with Crippen LogP contribution in [0.5, 0.6) is 11.5 Å². The Morgan fingerprint density at radius 1 is 1.21 bits per heavy atom. The van der Waals surface area contributed by atoms with E-state index in [0.29, 0.717) is 28.4 Å². The van der Waals surface area contributed by atoms with E-state index < -0.39 is 0 Å². The number of aryl methyl sites for hydroxylation is 1. The highest BCUT2D eigenvalue weighted by atomic mass is 32.2. The highest BCUT2D eigenvalue weighted by molar-refractivity contribution is 8.00. The molecule has 0 aliphatic heterocycles. The zero-order valence-electron chi connectivity index (χ0n) is 16.6. The monoisotopic (exact) mass is 434 g/mol. The van der Waals surface area contributed by atoms with Gasteiger partial charge in [-0.05, 0) is 45.0 Å². The molecule has 0 saturated carbocycles. The first-order chi connectivity index (χ1) is 14.0. The molecule has 29 heavy (non-hydrogen) atoms. The molecule has 0 aliphatic carbocycles. The molecular formula is C18H22N6O3S2. The third kappa shape index (κ3) is 5.45. The molecule has 1 amide bonds. The first-order valence-corrected chi connectivity index (χ1v) is 10.7. The molecule has 11 heteroatoms. The van der Waals surface area contributed by atoms with Crippen molar-refractivity contribution >= 4 is 34.1 Å². The van der Waals surface area contributed by atoms with E-state index in [0.717, 1.165) is 10.8 Å². The second-order valence-corrected chi connectivity index (χ2v) is 8.47. The molecule has 1 N–H and O–H groups in total. The lowest BCUT2D eigenvalue weighted by atomic mass is 10.3. The zero-order chi connectivity index (χ0) is 20.8. The topological polar surface area (TPSA) is 104 Å². The maximum atomic E-state index is 12.4. The van der Waals surface area contributed by atoms with Crippen molar-refractivity contribution in [1.82, 2.24) is 25.0 Å². The van der Waals surface area contributed by atoms with Crippen molar-refractivity contribution in [2.24, 2.45) is 0 Å². The van der Waals surface area contributed by atoms with Crippen LogP contribution in [0, 0.1) is 6.92 Å². The molecule has 0 saturated heterocycles. The molecule has 0 unspecified atom stereocenters. The summed E-state index contributed by atoms with van der Waals surface area (Å²) >= 11 is 2.68. The van der Waals surface area contributed by atoms with Gasteiger partial charge < -0.3 is 14.0 Å². The summed E-state index contributed by atoms with van der Waals surface area (Å²) in [6.07, 6.45) is 0. The van der Waals surface area contributed by atoms with Gasteiger partial charge in [-0.2, -0.15) is 0 Å². The van der Waals surface area contributed by atoms with Gasteiger partial charge in [0.2, 0.25) is 11.0 Å². The third-order valence-corrected chi connectivity index (χ3v) is 5.78. The molecule has 0 aliphatic rings. The lowest BCUT2D eigenvalue weighted by Gasteiger charge is -2.12. The van der Waals surface area contributed by atoms with E-state index in [-0.39, 0.29) is 17.8 Å². The minimum absolute atomic E-state index is 0.159. The number of nitrogens with zero attached hydrogens (tertiary/aromatic N) is 5. The number of aromatic nitrogens is 5. The van der Waals surface area contributed by atoms with E-state index in [1.54, 1.807) is 7.11 Å². The average molecular weight is 435 g/mol. The van der Waals surface area contributed by atoms with Crippen LogP contribution in [0.25, 0.3) is 0 Å². The van der Waals surface area contributed by atoms with Crippen LogP contribution in [0.4, 0.5) is 5.13 Å². The number of hydrogen-bond donors (Lipinski definition) is 1. The van der Waals surface area contributed by atoms with Gasteiger partial charge in [-0.15, -0.1) is 20.4 Å². The second-order valence-electron chi connectivity index (χ2n) is 5.98. The number of benzene rings is 1. The van der Waals surface area contributed by atoms with Gasteiger partial charge in [0, 0.05) is 6.54 Å². The minimum Gasteiger partial charge on any atom is -0.497 e. The van der Waals surface area contributed by atoms with Gasteiger partial charge in [0.05, 0.1) is 12.4 Å². The van der Waals surface area contributed by atoms with Gasteiger partial charge in [0.15, 0.2) is 11.0 Å². The predicted molar refractivity (Wildman–Crippen MR) is 112 cm³/mol. The number of methoxy groups -OCH3 is 1. The Morgan fingerprint density at radius 3 is 2.55 bits per heavy atom. The van der Waals surface area contributed by atoms with Gasteiger partial charge >= 0.3 is 0 Å². The molecule has 1 atom stereocenters. The van der Waals surface area contributed by atoms with Crippen LogP contribution < -0.4 is 14.8 Å². The fraction of sp³-hybridized carbons (Fsp3) is 0.389. The van der Waals surface area contributed by atoms with Crippen molar-refractivity contribution in [2.45, 2.75) is 44.3 Å². The first-order valence-electron chi connectivity index (χ1n) is 8.96. The van der Waals surface area contributed by atoms with Crippen molar-refractivity contribution in [3.63, 3.8) is 0 Å². The number of carbonyl (C=O) groups excluding carboxylic acids is 1. The summed E-state index contributed by atoms with van der Waals surface area (Å²) < 4.78 is 12.9. The van der Waals surface area contributed by atoms with E-state index in [4.69, 9.17) is 9.47 Å². The van der Waals surface area contributed by atoms with Crippen molar-refractivity contribution in [3.05, 3.63) is 35.1 Å². The SMILES string of the molecule is CCn1c(COc2ccc(OC)cc2)nnc1S[C@H](C)C(=O)Nc1nnc(C)s1. The summed E-state index contributed by atoms with van der Waals surface area (Å²) in [7, 11) is 1.62. The van der Waals surface area contributed by atoms with Crippen LogP contribution >= 0.6 is 23.1 Å². The van der Waals surface area contributed by atoms with E-state index in [2.05, 4.69) is 25.7 Å². The maximum absolute atomic E-state index is 12.4. The molecule has 0 spiro atoms. The lowest BCUT2D eigenvalue weighted by molar-refractivity contribution is -0.115. The minimum atomic E-state index is -0.371. The number of carbonyl (C=O) groups is 1. The fourth-order valence-electron chi connectivity index (χ4n) is 2.42. The number of nitrogens with one attached hydrogen (secondary N) is 1. The van der Waals surface area contributed by atoms with Crippen molar-refractivity contribution in [3.8, 4) is 11.5 Å². The van der Waals surface area contributed by atoms with Crippen molar-refractivity contribution in [1.29, 1.82) is 0 Å². The van der Waals surface area contributed by atoms with Crippen molar-refractivity contribution in [2.75, 3.05) is 12.4 Å². The zero-order valence-corrected chi connectivity index (χ0v) is 18.2. The fourth-order valence-corrected chi connectivity index (χ4v) is 3.94. The quantitative estimate of drug-likeness (QED) is 0.512. The summed E-state index contributed by atoms with van der Waals surface area (Å²) in [5.41, 5.74) is 0. The van der Waals surface area contributed by atoms with Crippen LogP contribution in [-0.2, 0) is 17.9 Å². The highest BCUT2D eigenvalue weighted by Gasteiger charge is 2.21. The van der Waals surface area contributed by atoms with Crippen LogP contribution in [-0.4, -0.2) is 43.2 Å². The molecule has 0 fully saturated rings. The molecule has 3 rings (SSSR count). The molecule has 9 nitrogen and oxygen atoms in total. The largest absolute Gasteiger partial charge is 0.497 e. The molecular weight excluding hydrogens is 412 g/mol. The van der Waals surface area contributed by atoms with Gasteiger partial charge in [0.25, 0.3) is 0 Å². The summed E-state index contributed by atoms with van der Waals surface area (Å²) in [6.45, 7) is 6.60. The maximum Gasteiger partial charge on any atom is 0.239 e. The number of amides is 1. The summed E-state index contributed by atoms with van der Waals surface area (Å²) in [5, 5.41) is 20.6. The van der Waals surface area contributed by atoms with Gasteiger partial charge in [-0.1, -0.05) is 23.1 Å². The molecule has 0 bridgehead atoms. The number of thioether (sulfide) groups is 1. The third-order valence-electron chi connectivity index (χ3n) is 3.94. The Bertz CT molecular complexity index is 957. The number of anilines is 1. The smallest absolute Gasteiger partial charge is 0.239 e. The summed E-state index contributed by atoms with van der Waals surface area (Å²) in [6, 6.07) is 7.34. The van der Waals surface area contributed by atoms with E-state index >= 15 is 0 Å². The number of hydrogen-bond acceptors (Lipinski definition) is 9. The Hall–Kier alpha value is -2.66. The van der Waals surface area contributed by atoms with Gasteiger partial charge in [-0.3, -0.25) is 10.1 Å². The summed E-state index contributed by atoms with van der Waals surface area (Å²) in [5.74, 6) is 2.01. The Labute approximate surface area is 176 Å². The lowest BCUT2D eigenvalue weighted by Crippen LogP contribution is -2.23. The van der Waals surface area contributed by atoms with Gasteiger partial charge in [-0.25, -0.2) is 0 Å². The van der Waals surface area contributed by atoms with E-state index in [1.165, 1.54) is 23.1 Å². The Balaban J connectivity index is 1.61.